The number of nitriles is 3. The van der Waals surface area contributed by atoms with Gasteiger partial charge in [0.05, 0.1) is 92.6 Å². The summed E-state index contributed by atoms with van der Waals surface area (Å²) in [7, 11) is 0. The molecule has 12 heterocycles. The highest BCUT2D eigenvalue weighted by Gasteiger charge is 2.37. The zero-order valence-corrected chi connectivity index (χ0v) is 52.4. The number of anilines is 1. The second-order valence-electron chi connectivity index (χ2n) is 23.1. The minimum atomic E-state index is -0.685. The Kier molecular flexibility index (Phi) is 18.0. The Balaban J connectivity index is 0.000000154. The number of benzene rings is 2. The van der Waals surface area contributed by atoms with Gasteiger partial charge >= 0.3 is 0 Å². The maximum absolute atomic E-state index is 9.89. The van der Waals surface area contributed by atoms with Crippen LogP contribution in [0, 0.1) is 54.8 Å². The van der Waals surface area contributed by atoms with E-state index in [9.17, 15) is 15.8 Å². The molecule has 1 atom stereocenters. The Morgan fingerprint density at radius 3 is 1.55 bits per heavy atom. The van der Waals surface area contributed by atoms with Gasteiger partial charge in [0.2, 0.25) is 0 Å². The molecule has 21 nitrogen and oxygen atoms in total. The van der Waals surface area contributed by atoms with E-state index < -0.39 is 16.2 Å². The molecule has 14 rings (SSSR count). The number of piperidine rings is 1. The average Bonchev–Trinajstić information content (AvgIpc) is 1.75. The van der Waals surface area contributed by atoms with Crippen LogP contribution in [0.1, 0.15) is 76.4 Å². The highest BCUT2D eigenvalue weighted by atomic mass is 32.1. The van der Waals surface area contributed by atoms with Crippen molar-refractivity contribution in [3.63, 3.8) is 0 Å². The van der Waals surface area contributed by atoms with Crippen LogP contribution in [0.5, 0.6) is 0 Å². The Hall–Kier alpha value is -11.4. The molecule has 0 aliphatic carbocycles. The largest absolute Gasteiger partial charge is 0.382 e. The summed E-state index contributed by atoms with van der Waals surface area (Å²) in [4.78, 5) is 42.1. The third kappa shape index (κ3) is 13.3. The highest BCUT2D eigenvalue weighted by molar-refractivity contribution is 7.13. The van der Waals surface area contributed by atoms with Crippen LogP contribution in [0.4, 0.5) is 5.82 Å². The van der Waals surface area contributed by atoms with E-state index in [1.54, 1.807) is 54.6 Å². The van der Waals surface area contributed by atoms with Crippen LogP contribution in [0.15, 0.2) is 177 Å². The molecule has 2 aliphatic heterocycles. The molecule has 2 fully saturated rings. The maximum atomic E-state index is 9.89. The number of nitrogen functional groups attached to an aromatic ring is 1. The second kappa shape index (κ2) is 27.0. The molecule has 1 unspecified atom stereocenters. The molecule has 0 spiro atoms. The number of nitrogens with zero attached hydrogens (tertiary/aromatic N) is 15. The van der Waals surface area contributed by atoms with Crippen molar-refractivity contribution in [2.24, 2.45) is 0 Å². The van der Waals surface area contributed by atoms with Gasteiger partial charge < -0.3 is 29.4 Å². The predicted octanol–water partition coefficient (Wildman–Crippen LogP) is 14.2. The molecule has 2 aromatic carbocycles. The van der Waals surface area contributed by atoms with E-state index in [1.807, 2.05) is 142 Å². The molecule has 2 aliphatic rings. The molecule has 10 aromatic heterocycles. The summed E-state index contributed by atoms with van der Waals surface area (Å²) in [6.07, 6.45) is 13.2. The minimum Gasteiger partial charge on any atom is -0.382 e. The number of aryl methyl sites for hydroxylation is 3. The number of rotatable bonds is 12. The first-order valence-electron chi connectivity index (χ1n) is 30.1. The summed E-state index contributed by atoms with van der Waals surface area (Å²) in [5.41, 5.74) is 19.3. The van der Waals surface area contributed by atoms with Gasteiger partial charge in [0.1, 0.15) is 39.3 Å². The summed E-state index contributed by atoms with van der Waals surface area (Å²) in [5.74, 6) is 1.83. The van der Waals surface area contributed by atoms with E-state index in [4.69, 9.17) is 39.0 Å². The summed E-state index contributed by atoms with van der Waals surface area (Å²) < 4.78 is 22.2. The van der Waals surface area contributed by atoms with Crippen LogP contribution >= 0.6 is 11.3 Å². The molecule has 0 saturated carbocycles. The van der Waals surface area contributed by atoms with Gasteiger partial charge in [-0.05, 0) is 120 Å². The van der Waals surface area contributed by atoms with Gasteiger partial charge in [-0.3, -0.25) is 24.9 Å². The van der Waals surface area contributed by atoms with Crippen molar-refractivity contribution in [1.82, 2.24) is 65.6 Å². The molecule has 0 amide bonds. The first-order valence-corrected chi connectivity index (χ1v) is 30.9. The molecule has 12 aromatic rings. The van der Waals surface area contributed by atoms with E-state index in [0.717, 1.165) is 91.8 Å². The number of hydrogen-bond acceptors (Lipinski definition) is 22. The topological polar surface area (TPSA) is 313 Å². The number of nitrogens with two attached hydrogens (primary N) is 1. The molecule has 0 bridgehead atoms. The number of thiophene rings is 1. The molecular weight excluding hydrogens is 1190 g/mol. The van der Waals surface area contributed by atoms with Gasteiger partial charge in [0.15, 0.2) is 28.8 Å². The Morgan fingerprint density at radius 1 is 0.538 bits per heavy atom. The van der Waals surface area contributed by atoms with Gasteiger partial charge in [0, 0.05) is 87.2 Å². The smallest absolute Gasteiger partial charge is 0.189 e. The van der Waals surface area contributed by atoms with E-state index in [-0.39, 0.29) is 8.67 Å². The minimum absolute atomic E-state index is 0. The van der Waals surface area contributed by atoms with Gasteiger partial charge in [0.25, 0.3) is 0 Å². The lowest BCUT2D eigenvalue weighted by Crippen LogP contribution is -2.42. The molecular formula is C71H65N17O4S. The van der Waals surface area contributed by atoms with Gasteiger partial charge in [-0.25, -0.2) is 19.9 Å². The number of nitrogens with one attached hydrogen (secondary N) is 1. The fraction of sp³-hybridized carbons (Fsp3) is 0.225. The number of aromatic nitrogens is 12. The summed E-state index contributed by atoms with van der Waals surface area (Å²) in [6.45, 7) is 12.1. The lowest BCUT2D eigenvalue weighted by molar-refractivity contribution is 0.0664. The second-order valence-corrected chi connectivity index (χ2v) is 24.0. The fourth-order valence-corrected chi connectivity index (χ4v) is 11.7. The van der Waals surface area contributed by atoms with E-state index in [1.165, 1.54) is 0 Å². The normalized spacial score (nSPS) is 15.1. The van der Waals surface area contributed by atoms with Gasteiger partial charge in [-0.15, -0.1) is 11.3 Å². The maximum Gasteiger partial charge on any atom is 0.189 e. The number of hydrogen-bond donors (Lipinski definition) is 2. The zero-order chi connectivity index (χ0) is 64.5. The van der Waals surface area contributed by atoms with Crippen LogP contribution < -0.4 is 11.1 Å². The van der Waals surface area contributed by atoms with Crippen molar-refractivity contribution in [2.75, 3.05) is 32.0 Å². The summed E-state index contributed by atoms with van der Waals surface area (Å²) in [5, 5.41) is 47.1. The lowest BCUT2D eigenvalue weighted by atomic mass is 9.78. The van der Waals surface area contributed by atoms with E-state index in [0.29, 0.717) is 95.4 Å². The van der Waals surface area contributed by atoms with Crippen molar-refractivity contribution in [1.29, 1.82) is 15.8 Å². The van der Waals surface area contributed by atoms with Crippen molar-refractivity contribution in [2.45, 2.75) is 76.5 Å². The summed E-state index contributed by atoms with van der Waals surface area (Å²) >= 11 is 1.63. The van der Waals surface area contributed by atoms with Crippen LogP contribution in [0.3, 0.4) is 0 Å². The lowest BCUT2D eigenvalue weighted by Gasteiger charge is -2.30. The van der Waals surface area contributed by atoms with Crippen LogP contribution in [0.25, 0.3) is 101 Å². The van der Waals surface area contributed by atoms with Crippen molar-refractivity contribution in [3.8, 4) is 119 Å². The molecule has 93 heavy (non-hydrogen) atoms. The molecule has 0 radical (unpaired) electrons. The van der Waals surface area contributed by atoms with Crippen molar-refractivity contribution >= 4 is 17.2 Å². The first kappa shape index (κ1) is 61.9. The van der Waals surface area contributed by atoms with Crippen LogP contribution in [-0.2, 0) is 21.0 Å². The average molecular weight is 1250 g/mol. The highest BCUT2D eigenvalue weighted by Crippen LogP contribution is 2.38. The van der Waals surface area contributed by atoms with Gasteiger partial charge in [-0.2, -0.15) is 15.8 Å². The number of ether oxygens (including phenoxy) is 1. The van der Waals surface area contributed by atoms with Crippen LogP contribution in [0.2, 0.25) is 0 Å². The number of pyridine rings is 3. The van der Waals surface area contributed by atoms with E-state index >= 15 is 0 Å². The monoisotopic (exact) mass is 1250 g/mol. The predicted molar refractivity (Wildman–Crippen MR) is 355 cm³/mol. The van der Waals surface area contributed by atoms with Crippen molar-refractivity contribution in [3.05, 3.63) is 198 Å². The third-order valence-electron chi connectivity index (χ3n) is 16.4. The van der Waals surface area contributed by atoms with Crippen LogP contribution in [-0.4, -0.2) is 86.6 Å². The summed E-state index contributed by atoms with van der Waals surface area (Å²) in [6, 6.07) is 45.8. The van der Waals surface area contributed by atoms with Gasteiger partial charge in [-0.1, -0.05) is 76.1 Å². The van der Waals surface area contributed by atoms with E-state index in [2.05, 4.69) is 81.9 Å². The standard InChI is InChI=1S/C25H21N5O2.C24H21N7O.C22H19N5OS.2H2/c1-17-24(22-14-20(30-32-22)18-5-3-2-4-6-18)29-21(15-28-17)19-7-10-27-23(13-19)25(16-26)8-11-31-12-9-25;25-14-24(8-4-9-27-15-24)21-11-17(7-10-28-21)19-13-29-23(26)22(30-19)20-12-18(31-32-20)16-5-2-1-3-6-16;1-13-6-8-29-21(13)16-10-18(28-27-16)20-14(2)25-11-17(26-20)15-5-7-24-19(9-15)22(3,4)12-23;;/h2-7,10,13-15H,8-9,11-12H2,1H3;1-3,5-7,10-13,27H,4,8-9,15H2,(H2,26,29);5-11H,1-4H3;2*1H. The fourth-order valence-electron chi connectivity index (χ4n) is 10.9. The molecule has 464 valence electrons. The molecule has 22 heteroatoms. The molecule has 2 saturated heterocycles. The first-order chi connectivity index (χ1) is 45.3. The third-order valence-corrected chi connectivity index (χ3v) is 17.4. The quantitative estimate of drug-likeness (QED) is 0.115. The Morgan fingerprint density at radius 2 is 1.03 bits per heavy atom. The zero-order valence-electron chi connectivity index (χ0n) is 51.6. The van der Waals surface area contributed by atoms with Crippen molar-refractivity contribution < 1.29 is 21.2 Å². The Bertz CT molecular complexity index is 4570. The SMILES string of the molecule is Cc1ccsc1-c1cc(-c2nc(-c3ccnc(C(C)(C)C#N)c3)cnc2C)on1.Cc1ncc(-c2ccnc(C3(C#N)CCOCC3)c2)nc1-c1cc(-c2ccccc2)no1.N#CC1(c2cc(-c3cnc(N)c(-c4cc(-c5ccccc5)no4)n3)ccn2)CCCNC1.[HH].[HH]. The molecule has 3 N–H and O–H groups in total. The Labute approximate surface area is 543 Å².